The van der Waals surface area contributed by atoms with E-state index in [4.69, 9.17) is 4.74 Å². The zero-order valence-electron chi connectivity index (χ0n) is 19.7. The van der Waals surface area contributed by atoms with Crippen molar-refractivity contribution >= 4 is 11.6 Å². The maximum Gasteiger partial charge on any atom is 0.433 e. The molecule has 5 nitrogen and oxygen atoms in total. The van der Waals surface area contributed by atoms with Crippen molar-refractivity contribution in [3.05, 3.63) is 89.0 Å². The number of likely N-dealkylation sites (N-methyl/N-ethyl adjacent to an activating group) is 1. The van der Waals surface area contributed by atoms with Gasteiger partial charge >= 0.3 is 6.18 Å². The molecule has 0 saturated carbocycles. The molecule has 0 saturated heterocycles. The van der Waals surface area contributed by atoms with Crippen molar-refractivity contribution in [1.82, 2.24) is 10.3 Å². The third-order valence-corrected chi connectivity index (χ3v) is 5.69. The van der Waals surface area contributed by atoms with E-state index in [1.54, 1.807) is 57.5 Å². The number of pyridine rings is 1. The molecule has 9 heteroatoms. The molecule has 0 aliphatic heterocycles. The molecule has 35 heavy (non-hydrogen) atoms. The fourth-order valence-electron chi connectivity index (χ4n) is 3.80. The number of rotatable bonds is 9. The Morgan fingerprint density at radius 2 is 1.83 bits per heavy atom. The van der Waals surface area contributed by atoms with Gasteiger partial charge in [0.25, 0.3) is 0 Å². The lowest BCUT2D eigenvalue weighted by atomic mass is 10.0. The number of nitrogens with one attached hydrogen (secondary N) is 1. The minimum atomic E-state index is -4.49. The second-order valence-corrected chi connectivity index (χ2v) is 8.07. The number of aromatic nitrogens is 1. The second-order valence-electron chi connectivity index (χ2n) is 8.07. The number of methoxy groups -OCH3 is 1. The highest BCUT2D eigenvalue weighted by atomic mass is 19.4. The van der Waals surface area contributed by atoms with E-state index in [1.807, 2.05) is 4.90 Å². The molecule has 0 bridgehead atoms. The molecule has 0 radical (unpaired) electrons. The molecule has 3 rings (SSSR count). The minimum Gasteiger partial charge on any atom is -0.497 e. The maximum atomic E-state index is 14.0. The number of carbonyl (C=O) groups is 1. The average molecular weight is 490 g/mol. The van der Waals surface area contributed by atoms with Gasteiger partial charge in [-0.25, -0.2) is 4.39 Å². The summed E-state index contributed by atoms with van der Waals surface area (Å²) in [5, 5.41) is 2.69. The summed E-state index contributed by atoms with van der Waals surface area (Å²) >= 11 is 0. The van der Waals surface area contributed by atoms with Crippen LogP contribution in [-0.4, -0.2) is 31.6 Å². The van der Waals surface area contributed by atoms with Gasteiger partial charge < -0.3 is 15.0 Å². The standard InChI is InChI=1S/C26H27F4N3O2/c1-17-15-20(9-12-22(17)27)33(14-4-5-18-6-13-23(32-16-18)26(28,29)30)24(25(34)31-2)19-7-10-21(35-3)11-8-19/h6-13,15-16,24H,4-5,14H2,1-3H3,(H,31,34)/t24-/m1/s1. The Kier molecular flexibility index (Phi) is 8.32. The molecule has 2 aromatic carbocycles. The molecule has 3 aromatic rings. The SMILES string of the molecule is CNC(=O)[C@@H](c1ccc(OC)cc1)N(CCCc1ccc(C(F)(F)F)nc1)c1ccc(F)c(C)c1. The molecule has 0 unspecified atom stereocenters. The third-order valence-electron chi connectivity index (χ3n) is 5.69. The Morgan fingerprint density at radius 3 is 2.37 bits per heavy atom. The largest absolute Gasteiger partial charge is 0.497 e. The summed E-state index contributed by atoms with van der Waals surface area (Å²) in [4.78, 5) is 18.4. The Labute approximate surface area is 201 Å². The fraction of sp³-hybridized carbons (Fsp3) is 0.308. The van der Waals surface area contributed by atoms with E-state index in [9.17, 15) is 22.4 Å². The van der Waals surface area contributed by atoms with Crippen LogP contribution in [0.3, 0.4) is 0 Å². The highest BCUT2D eigenvalue weighted by Gasteiger charge is 2.32. The van der Waals surface area contributed by atoms with E-state index in [0.717, 1.165) is 6.07 Å². The number of hydrogen-bond donors (Lipinski definition) is 1. The third kappa shape index (κ3) is 6.49. The Hall–Kier alpha value is -3.62. The van der Waals surface area contributed by atoms with Gasteiger partial charge in [-0.05, 0) is 72.9 Å². The monoisotopic (exact) mass is 489 g/mol. The summed E-state index contributed by atoms with van der Waals surface area (Å²) in [6.45, 7) is 2.03. The summed E-state index contributed by atoms with van der Waals surface area (Å²) < 4.78 is 57.6. The number of hydrogen-bond acceptors (Lipinski definition) is 4. The van der Waals surface area contributed by atoms with Gasteiger partial charge in [0, 0.05) is 25.5 Å². The molecule has 0 spiro atoms. The van der Waals surface area contributed by atoms with Gasteiger partial charge in [0.05, 0.1) is 7.11 Å². The summed E-state index contributed by atoms with van der Waals surface area (Å²) in [6, 6.07) is 13.4. The van der Waals surface area contributed by atoms with E-state index in [-0.39, 0.29) is 11.7 Å². The van der Waals surface area contributed by atoms with Crippen molar-refractivity contribution in [2.24, 2.45) is 0 Å². The highest BCUT2D eigenvalue weighted by molar-refractivity contribution is 5.86. The number of halogens is 4. The molecule has 1 N–H and O–H groups in total. The number of ether oxygens (including phenoxy) is 1. The van der Waals surface area contributed by atoms with Crippen LogP contribution >= 0.6 is 0 Å². The average Bonchev–Trinajstić information content (AvgIpc) is 2.85. The van der Waals surface area contributed by atoms with Crippen LogP contribution < -0.4 is 15.0 Å². The number of alkyl halides is 3. The number of benzene rings is 2. The van der Waals surface area contributed by atoms with Crippen LogP contribution in [0.5, 0.6) is 5.75 Å². The quantitative estimate of drug-likeness (QED) is 0.405. The van der Waals surface area contributed by atoms with Crippen LogP contribution in [0.15, 0.2) is 60.8 Å². The number of amides is 1. The van der Waals surface area contributed by atoms with E-state index in [2.05, 4.69) is 10.3 Å². The lowest BCUT2D eigenvalue weighted by Crippen LogP contribution is -2.40. The Balaban J connectivity index is 1.89. The molecule has 0 fully saturated rings. The molecular formula is C26H27F4N3O2. The van der Waals surface area contributed by atoms with Crippen LogP contribution in [0.2, 0.25) is 0 Å². The van der Waals surface area contributed by atoms with Gasteiger partial charge in [-0.15, -0.1) is 0 Å². The first-order valence-corrected chi connectivity index (χ1v) is 11.0. The van der Waals surface area contributed by atoms with E-state index < -0.39 is 17.9 Å². The number of nitrogens with zero attached hydrogens (tertiary/aromatic N) is 2. The van der Waals surface area contributed by atoms with Crippen LogP contribution in [-0.2, 0) is 17.4 Å². The summed E-state index contributed by atoms with van der Waals surface area (Å²) in [7, 11) is 3.09. The molecule has 1 heterocycles. The topological polar surface area (TPSA) is 54.5 Å². The summed E-state index contributed by atoms with van der Waals surface area (Å²) in [5.74, 6) is 0.0298. The smallest absolute Gasteiger partial charge is 0.433 e. The lowest BCUT2D eigenvalue weighted by Gasteiger charge is -2.33. The Morgan fingerprint density at radius 1 is 1.11 bits per heavy atom. The molecule has 0 aliphatic carbocycles. The van der Waals surface area contributed by atoms with Crippen LogP contribution in [0.1, 0.15) is 34.8 Å². The maximum absolute atomic E-state index is 14.0. The van der Waals surface area contributed by atoms with Gasteiger partial charge in [0.2, 0.25) is 5.91 Å². The lowest BCUT2D eigenvalue weighted by molar-refractivity contribution is -0.141. The van der Waals surface area contributed by atoms with Gasteiger partial charge in [-0.3, -0.25) is 9.78 Å². The first-order valence-electron chi connectivity index (χ1n) is 11.0. The zero-order chi connectivity index (χ0) is 25.6. The van der Waals surface area contributed by atoms with Crippen LogP contribution in [0, 0.1) is 12.7 Å². The minimum absolute atomic E-state index is 0.256. The molecule has 186 valence electrons. The number of anilines is 1. The summed E-state index contributed by atoms with van der Waals surface area (Å²) in [6.07, 6.45) is -2.30. The van der Waals surface area contributed by atoms with Crippen molar-refractivity contribution in [3.8, 4) is 5.75 Å². The zero-order valence-corrected chi connectivity index (χ0v) is 19.7. The molecule has 1 atom stereocenters. The van der Waals surface area contributed by atoms with Crippen molar-refractivity contribution in [2.75, 3.05) is 25.6 Å². The first-order chi connectivity index (χ1) is 16.6. The normalized spacial score (nSPS) is 12.2. The Bertz CT molecular complexity index is 1130. The van der Waals surface area contributed by atoms with Crippen molar-refractivity contribution in [1.29, 1.82) is 0 Å². The predicted molar refractivity (Wildman–Crippen MR) is 126 cm³/mol. The molecule has 1 aromatic heterocycles. The van der Waals surface area contributed by atoms with E-state index >= 15 is 0 Å². The predicted octanol–water partition coefficient (Wildman–Crippen LogP) is 5.48. The second kappa shape index (κ2) is 11.2. The number of aryl methyl sites for hydroxylation is 2. The van der Waals surface area contributed by atoms with Crippen LogP contribution in [0.4, 0.5) is 23.2 Å². The van der Waals surface area contributed by atoms with Crippen molar-refractivity contribution in [3.63, 3.8) is 0 Å². The van der Waals surface area contributed by atoms with Crippen molar-refractivity contribution in [2.45, 2.75) is 32.0 Å². The van der Waals surface area contributed by atoms with Gasteiger partial charge in [-0.2, -0.15) is 13.2 Å². The summed E-state index contributed by atoms with van der Waals surface area (Å²) in [5.41, 5.74) is 1.50. The van der Waals surface area contributed by atoms with Gasteiger partial charge in [-0.1, -0.05) is 18.2 Å². The molecule has 0 aliphatic rings. The molecule has 1 amide bonds. The van der Waals surface area contributed by atoms with Crippen molar-refractivity contribution < 1.29 is 27.1 Å². The van der Waals surface area contributed by atoms with Gasteiger partial charge in [0.15, 0.2) is 0 Å². The van der Waals surface area contributed by atoms with Crippen LogP contribution in [0.25, 0.3) is 0 Å². The van der Waals surface area contributed by atoms with E-state index in [0.29, 0.717) is 47.5 Å². The molecular weight excluding hydrogens is 462 g/mol. The first kappa shape index (κ1) is 26.0. The van der Waals surface area contributed by atoms with E-state index in [1.165, 1.54) is 18.3 Å². The fourth-order valence-corrected chi connectivity index (χ4v) is 3.80. The van der Waals surface area contributed by atoms with Gasteiger partial charge in [0.1, 0.15) is 23.3 Å². The highest BCUT2D eigenvalue weighted by Crippen LogP contribution is 2.31. The number of carbonyl (C=O) groups excluding carboxylic acids is 1.